The smallest absolute Gasteiger partial charge is 0.263 e. The molecule has 0 fully saturated rings. The van der Waals surface area contributed by atoms with Crippen molar-refractivity contribution >= 4 is 31.7 Å². The minimum atomic E-state index is -3.93. The van der Waals surface area contributed by atoms with Gasteiger partial charge in [0.1, 0.15) is 34.4 Å². The molecule has 0 amide bonds. The second-order valence-electron chi connectivity index (χ2n) is 16.8. The zero-order valence-corrected chi connectivity index (χ0v) is 37.2. The number of ether oxygens (including phenoxy) is 2. The van der Waals surface area contributed by atoms with Gasteiger partial charge in [-0.05, 0) is 163 Å². The number of aliphatic imine (C=N–C) groups is 2. The Morgan fingerprint density at radius 1 is 0.625 bits per heavy atom. The molecule has 0 aromatic heterocycles. The van der Waals surface area contributed by atoms with Crippen molar-refractivity contribution < 1.29 is 26.3 Å². The highest BCUT2D eigenvalue weighted by atomic mass is 32.2. The minimum Gasteiger partial charge on any atom is -0.487 e. The third-order valence-electron chi connectivity index (χ3n) is 11.2. The molecular weight excluding hydrogens is 745 g/mol. The Labute approximate surface area is 336 Å². The lowest BCUT2D eigenvalue weighted by Gasteiger charge is -2.35. The van der Waals surface area contributed by atoms with Crippen molar-refractivity contribution in [3.63, 3.8) is 0 Å². The Morgan fingerprint density at radius 2 is 1.00 bits per heavy atom. The molecule has 0 atom stereocenters. The summed E-state index contributed by atoms with van der Waals surface area (Å²) in [7, 11) is -7.87. The third kappa shape index (κ3) is 9.28. The van der Waals surface area contributed by atoms with Crippen molar-refractivity contribution in [3.8, 4) is 11.5 Å². The summed E-state index contributed by atoms with van der Waals surface area (Å²) in [6.45, 7) is 24.1. The summed E-state index contributed by atoms with van der Waals surface area (Å²) in [6.07, 6.45) is 5.49. The van der Waals surface area contributed by atoms with Crippen LogP contribution < -0.4 is 18.9 Å². The second kappa shape index (κ2) is 16.5. The van der Waals surface area contributed by atoms with Crippen LogP contribution in [0.15, 0.2) is 44.0 Å². The van der Waals surface area contributed by atoms with Gasteiger partial charge in [0.2, 0.25) is 0 Å². The molecule has 0 radical (unpaired) electrons. The van der Waals surface area contributed by atoms with Crippen LogP contribution in [-0.2, 0) is 46.0 Å². The molecule has 2 N–H and O–H groups in total. The van der Waals surface area contributed by atoms with Crippen molar-refractivity contribution in [2.24, 2.45) is 9.98 Å². The van der Waals surface area contributed by atoms with E-state index in [0.29, 0.717) is 58.3 Å². The van der Waals surface area contributed by atoms with Crippen molar-refractivity contribution in [3.05, 3.63) is 79.9 Å². The van der Waals surface area contributed by atoms with Crippen molar-refractivity contribution in [2.45, 2.75) is 169 Å². The van der Waals surface area contributed by atoms with Crippen LogP contribution in [0.3, 0.4) is 0 Å². The number of nitrogens with zero attached hydrogens (tertiary/aromatic N) is 2. The maximum absolute atomic E-state index is 14.0. The first-order valence-corrected chi connectivity index (χ1v) is 22.9. The Hall–Kier alpha value is -3.90. The summed E-state index contributed by atoms with van der Waals surface area (Å²) < 4.78 is 74.4. The van der Waals surface area contributed by atoms with Gasteiger partial charge in [-0.2, -0.15) is 0 Å². The Balaban J connectivity index is 1.35. The molecule has 0 unspecified atom stereocenters. The number of hydrogen-bond donors (Lipinski definition) is 2. The van der Waals surface area contributed by atoms with E-state index in [1.165, 1.54) is 0 Å². The monoisotopic (exact) mass is 806 g/mol. The van der Waals surface area contributed by atoms with Crippen molar-refractivity contribution in [1.29, 1.82) is 0 Å². The van der Waals surface area contributed by atoms with E-state index in [0.717, 1.165) is 81.7 Å². The van der Waals surface area contributed by atoms with Gasteiger partial charge in [-0.1, -0.05) is 38.1 Å². The molecule has 56 heavy (non-hydrogen) atoms. The molecule has 3 aromatic carbocycles. The van der Waals surface area contributed by atoms with Crippen LogP contribution >= 0.6 is 0 Å². The SMILES string of the molecule is CCCC(=NCc1cccc(CN=C(CCC)NS(=O)(=O)c2c(C)c(C)c3c(c2C)CCC(C)(C)O3)c1)NS(=O)(=O)c1c(C)c(C)c2c(c1C)CCC(C)(C)O2. The Kier molecular flexibility index (Phi) is 12.8. The first-order chi connectivity index (χ1) is 26.1. The number of hydrogen-bond acceptors (Lipinski definition) is 8. The van der Waals surface area contributed by atoms with Gasteiger partial charge in [0.15, 0.2) is 0 Å². The number of rotatable bonds is 12. The molecule has 306 valence electrons. The lowest BCUT2D eigenvalue weighted by atomic mass is 9.88. The summed E-state index contributed by atoms with van der Waals surface area (Å²) in [6, 6.07) is 7.79. The summed E-state index contributed by atoms with van der Waals surface area (Å²) in [5.74, 6) is 2.41. The average molecular weight is 807 g/mol. The zero-order valence-electron chi connectivity index (χ0n) is 35.5. The van der Waals surface area contributed by atoms with Gasteiger partial charge in [-0.25, -0.2) is 16.8 Å². The second-order valence-corrected chi connectivity index (χ2v) is 20.0. The van der Waals surface area contributed by atoms with Gasteiger partial charge in [0.25, 0.3) is 20.0 Å². The van der Waals surface area contributed by atoms with Gasteiger partial charge in [-0.3, -0.25) is 19.4 Å². The van der Waals surface area contributed by atoms with Crippen LogP contribution in [0.5, 0.6) is 11.5 Å². The summed E-state index contributed by atoms with van der Waals surface area (Å²) in [4.78, 5) is 10.1. The average Bonchev–Trinajstić information content (AvgIpc) is 3.10. The highest BCUT2D eigenvalue weighted by molar-refractivity contribution is 7.90. The van der Waals surface area contributed by atoms with Gasteiger partial charge in [0.05, 0.1) is 22.9 Å². The third-order valence-corrected chi connectivity index (χ3v) is 14.6. The molecule has 2 aliphatic heterocycles. The van der Waals surface area contributed by atoms with Crippen LogP contribution in [0.4, 0.5) is 0 Å². The van der Waals surface area contributed by atoms with Crippen molar-refractivity contribution in [1.82, 2.24) is 9.44 Å². The molecule has 5 rings (SSSR count). The van der Waals surface area contributed by atoms with E-state index >= 15 is 0 Å². The predicted molar refractivity (Wildman–Crippen MR) is 227 cm³/mol. The lowest BCUT2D eigenvalue weighted by molar-refractivity contribution is 0.0828. The number of benzene rings is 3. The maximum Gasteiger partial charge on any atom is 0.263 e. The van der Waals surface area contributed by atoms with Crippen LogP contribution in [0.25, 0.3) is 0 Å². The first-order valence-electron chi connectivity index (χ1n) is 19.9. The lowest BCUT2D eigenvalue weighted by Crippen LogP contribution is -2.35. The fourth-order valence-corrected chi connectivity index (χ4v) is 11.2. The number of amidine groups is 2. The molecule has 0 aliphatic carbocycles. The molecule has 2 heterocycles. The molecule has 12 heteroatoms. The molecule has 10 nitrogen and oxygen atoms in total. The normalized spacial score (nSPS) is 16.7. The van der Waals surface area contributed by atoms with Gasteiger partial charge in [-0.15, -0.1) is 0 Å². The largest absolute Gasteiger partial charge is 0.487 e. The summed E-state index contributed by atoms with van der Waals surface area (Å²) in [5, 5.41) is 0. The van der Waals surface area contributed by atoms with Crippen LogP contribution in [0.1, 0.15) is 136 Å². The Morgan fingerprint density at radius 3 is 1.36 bits per heavy atom. The molecule has 0 spiro atoms. The summed E-state index contributed by atoms with van der Waals surface area (Å²) >= 11 is 0. The topological polar surface area (TPSA) is 136 Å². The van der Waals surface area contributed by atoms with E-state index in [1.54, 1.807) is 0 Å². The number of fused-ring (bicyclic) bond motifs is 2. The minimum absolute atomic E-state index is 0.269. The highest BCUT2D eigenvalue weighted by Crippen LogP contribution is 2.43. The fraction of sp³-hybridized carbons (Fsp3) is 0.545. The quantitative estimate of drug-likeness (QED) is 0.139. The van der Waals surface area contributed by atoms with E-state index in [-0.39, 0.29) is 24.3 Å². The first kappa shape index (κ1) is 43.2. The number of sulfonamides is 2. The van der Waals surface area contributed by atoms with E-state index < -0.39 is 20.0 Å². The van der Waals surface area contributed by atoms with Crippen LogP contribution in [0, 0.1) is 41.5 Å². The molecular formula is C44H62N4O6S2. The maximum atomic E-state index is 14.0. The van der Waals surface area contributed by atoms with E-state index in [2.05, 4.69) is 37.1 Å². The molecule has 2 aliphatic rings. The van der Waals surface area contributed by atoms with Gasteiger partial charge in [0, 0.05) is 12.8 Å². The molecule has 0 bridgehead atoms. The molecule has 3 aromatic rings. The van der Waals surface area contributed by atoms with Crippen LogP contribution in [0.2, 0.25) is 0 Å². The standard InChI is InChI=1S/C44H62N4O6S2/c1-13-16-37(47-55(49,50)41-29(5)27(3)39-35(31(41)7)20-22-43(9,10)53-39)45-25-33-18-15-19-34(24-33)26-46-38(17-14-2)48-56(51,52)42-30(6)28(4)40-36(32(42)8)21-23-44(11,12)54-40/h15,18-19,24H,13-14,16-17,20-23,25-26H2,1-12H3,(H,45,47)(H,46,48). The summed E-state index contributed by atoms with van der Waals surface area (Å²) in [5.41, 5.74) is 7.59. The van der Waals surface area contributed by atoms with E-state index in [9.17, 15) is 16.8 Å². The fourth-order valence-electron chi connectivity index (χ4n) is 7.91. The van der Waals surface area contributed by atoms with E-state index in [1.807, 2.05) is 79.7 Å². The highest BCUT2D eigenvalue weighted by Gasteiger charge is 2.35. The Bertz CT molecular complexity index is 2130. The van der Waals surface area contributed by atoms with Crippen molar-refractivity contribution in [2.75, 3.05) is 0 Å². The van der Waals surface area contributed by atoms with Gasteiger partial charge < -0.3 is 9.47 Å². The van der Waals surface area contributed by atoms with Gasteiger partial charge >= 0.3 is 0 Å². The van der Waals surface area contributed by atoms with E-state index in [4.69, 9.17) is 19.5 Å². The molecule has 0 saturated carbocycles. The predicted octanol–water partition coefficient (Wildman–Crippen LogP) is 9.10. The van der Waals surface area contributed by atoms with Crippen LogP contribution in [-0.4, -0.2) is 39.7 Å². The zero-order chi connectivity index (χ0) is 41.4. The number of nitrogens with one attached hydrogen (secondary N) is 2. The molecule has 0 saturated heterocycles.